The van der Waals surface area contributed by atoms with Crippen molar-refractivity contribution in [1.29, 1.82) is 0 Å². The Balaban J connectivity index is 3.09. The lowest BCUT2D eigenvalue weighted by Gasteiger charge is -2.16. The normalized spacial score (nSPS) is 11.1. The van der Waals surface area contributed by atoms with Gasteiger partial charge in [0.05, 0.1) is 19.1 Å². The van der Waals surface area contributed by atoms with Gasteiger partial charge in [0.1, 0.15) is 5.78 Å². The number of phenolic OH excluding ortho intramolecular Hbond substituents is 1. The fourth-order valence-corrected chi connectivity index (χ4v) is 2.33. The van der Waals surface area contributed by atoms with E-state index in [-0.39, 0.29) is 11.5 Å². The summed E-state index contributed by atoms with van der Waals surface area (Å²) in [5.74, 6) is 0.584. The van der Waals surface area contributed by atoms with E-state index in [0.717, 1.165) is 17.4 Å². The van der Waals surface area contributed by atoms with Crippen LogP contribution in [0, 0.1) is 0 Å². The van der Waals surface area contributed by atoms with Crippen molar-refractivity contribution in [2.45, 2.75) is 32.6 Å². The first-order valence-electron chi connectivity index (χ1n) is 7.64. The molecule has 126 valence electrons. The number of methoxy groups -OCH3 is 1. The van der Waals surface area contributed by atoms with Gasteiger partial charge in [0.2, 0.25) is 0 Å². The second kappa shape index (κ2) is 9.56. The van der Waals surface area contributed by atoms with E-state index in [2.05, 4.69) is 11.9 Å². The molecular formula is C18H25NO4. The van der Waals surface area contributed by atoms with E-state index in [9.17, 15) is 15.0 Å². The number of ketones is 1. The number of phenols is 1. The topological polar surface area (TPSA) is 78.8 Å². The van der Waals surface area contributed by atoms with E-state index in [1.54, 1.807) is 18.2 Å². The van der Waals surface area contributed by atoms with Crippen LogP contribution in [0.5, 0.6) is 11.5 Å². The molecule has 0 fully saturated rings. The molecule has 0 heterocycles. The number of aromatic hydroxyl groups is 1. The molecule has 1 aromatic carbocycles. The monoisotopic (exact) mass is 319 g/mol. The van der Waals surface area contributed by atoms with Crippen LogP contribution in [-0.4, -0.2) is 29.7 Å². The van der Waals surface area contributed by atoms with E-state index >= 15 is 0 Å². The van der Waals surface area contributed by atoms with Gasteiger partial charge in [-0.25, -0.2) is 0 Å². The van der Waals surface area contributed by atoms with Crippen molar-refractivity contribution >= 4 is 5.78 Å². The number of aliphatic hydroxyl groups is 1. The lowest BCUT2D eigenvalue weighted by molar-refractivity contribution is -0.118. The first-order chi connectivity index (χ1) is 11.1. The Labute approximate surface area is 137 Å². The number of carbonyl (C=O) groups excluding carboxylic acids is 1. The molecule has 0 amide bonds. The summed E-state index contributed by atoms with van der Waals surface area (Å²) in [6.07, 6.45) is 4.52. The van der Waals surface area contributed by atoms with Gasteiger partial charge in [-0.15, -0.1) is 6.58 Å². The fraction of sp³-hybridized carbons (Fsp3) is 0.389. The highest BCUT2D eigenvalue weighted by molar-refractivity contribution is 5.78. The molecule has 1 rings (SSSR count). The molecule has 0 aliphatic heterocycles. The van der Waals surface area contributed by atoms with Crippen LogP contribution < -0.4 is 10.1 Å². The van der Waals surface area contributed by atoms with Crippen molar-refractivity contribution < 1.29 is 19.7 Å². The van der Waals surface area contributed by atoms with Crippen LogP contribution in [0.2, 0.25) is 0 Å². The number of aliphatic hydroxyl groups excluding tert-OH is 1. The van der Waals surface area contributed by atoms with Crippen molar-refractivity contribution in [3.8, 4) is 11.5 Å². The molecule has 0 unspecified atom stereocenters. The maximum Gasteiger partial charge on any atom is 0.163 e. The Kier molecular flexibility index (Phi) is 7.74. The summed E-state index contributed by atoms with van der Waals surface area (Å²) < 4.78 is 5.30. The second-order valence-corrected chi connectivity index (χ2v) is 5.15. The van der Waals surface area contributed by atoms with Gasteiger partial charge in [0, 0.05) is 31.4 Å². The number of hydrogen-bond donors (Lipinski definition) is 3. The number of carbonyl (C=O) groups is 1. The van der Waals surface area contributed by atoms with Gasteiger partial charge in [-0.1, -0.05) is 19.1 Å². The van der Waals surface area contributed by atoms with Gasteiger partial charge in [0.15, 0.2) is 11.5 Å². The third kappa shape index (κ3) is 5.36. The Morgan fingerprint density at radius 3 is 2.74 bits per heavy atom. The number of ether oxygens (including phenoxy) is 1. The standard InChI is InChI=1S/C18H25NO4/c1-4-10-19-14(12-20)11-13-6-9-17(22)18(23-3)16(13)8-7-15(21)5-2/h4,6,9,12,19-20,22H,1,5,7-8,10-11H2,2-3H3/b14-12+. The van der Waals surface area contributed by atoms with Crippen molar-refractivity contribution in [2.75, 3.05) is 13.7 Å². The number of allylic oxidation sites excluding steroid dienone is 1. The lowest BCUT2D eigenvalue weighted by atomic mass is 9.96. The van der Waals surface area contributed by atoms with Crippen LogP contribution in [0.1, 0.15) is 30.9 Å². The van der Waals surface area contributed by atoms with Crippen molar-refractivity contribution in [2.24, 2.45) is 0 Å². The van der Waals surface area contributed by atoms with Gasteiger partial charge < -0.3 is 20.3 Å². The maximum absolute atomic E-state index is 11.6. The quantitative estimate of drug-likeness (QED) is 0.456. The van der Waals surface area contributed by atoms with Crippen molar-refractivity contribution in [1.82, 2.24) is 5.32 Å². The van der Waals surface area contributed by atoms with Gasteiger partial charge in [-0.2, -0.15) is 0 Å². The minimum atomic E-state index is 0.0452. The molecule has 5 heteroatoms. The molecule has 0 aromatic heterocycles. The smallest absolute Gasteiger partial charge is 0.163 e. The van der Waals surface area contributed by atoms with Gasteiger partial charge in [-0.3, -0.25) is 4.79 Å². The molecule has 0 saturated heterocycles. The zero-order valence-electron chi connectivity index (χ0n) is 13.8. The average molecular weight is 319 g/mol. The first kappa shape index (κ1) is 18.6. The Morgan fingerprint density at radius 2 is 2.17 bits per heavy atom. The predicted octanol–water partition coefficient (Wildman–Crippen LogP) is 3.03. The van der Waals surface area contributed by atoms with Crippen LogP contribution in [0.4, 0.5) is 0 Å². The number of hydrogen-bond acceptors (Lipinski definition) is 5. The van der Waals surface area contributed by atoms with Crippen molar-refractivity contribution in [3.05, 3.63) is 47.9 Å². The second-order valence-electron chi connectivity index (χ2n) is 5.15. The Morgan fingerprint density at radius 1 is 1.43 bits per heavy atom. The fourth-order valence-electron chi connectivity index (χ4n) is 2.33. The SMILES string of the molecule is C=CCN/C(=C/O)Cc1ccc(O)c(OC)c1CCC(=O)CC. The molecular weight excluding hydrogens is 294 g/mol. The number of benzene rings is 1. The minimum Gasteiger partial charge on any atom is -0.514 e. The van der Waals surface area contributed by atoms with Crippen LogP contribution in [0.15, 0.2) is 36.7 Å². The summed E-state index contributed by atoms with van der Waals surface area (Å²) in [5, 5.41) is 22.4. The highest BCUT2D eigenvalue weighted by atomic mass is 16.5. The van der Waals surface area contributed by atoms with Crippen LogP contribution >= 0.6 is 0 Å². The molecule has 0 saturated carbocycles. The summed E-state index contributed by atoms with van der Waals surface area (Å²) >= 11 is 0. The number of nitrogens with one attached hydrogen (secondary N) is 1. The van der Waals surface area contributed by atoms with E-state index in [1.807, 2.05) is 6.92 Å². The number of rotatable bonds is 10. The van der Waals surface area contributed by atoms with E-state index in [0.29, 0.717) is 43.7 Å². The molecule has 3 N–H and O–H groups in total. The van der Waals surface area contributed by atoms with Gasteiger partial charge in [0.25, 0.3) is 0 Å². The molecule has 0 spiro atoms. The highest BCUT2D eigenvalue weighted by Crippen LogP contribution is 2.34. The zero-order valence-corrected chi connectivity index (χ0v) is 13.8. The third-order valence-corrected chi connectivity index (χ3v) is 3.60. The average Bonchev–Trinajstić information content (AvgIpc) is 2.57. The first-order valence-corrected chi connectivity index (χ1v) is 7.64. The van der Waals surface area contributed by atoms with Crippen LogP contribution in [0.25, 0.3) is 0 Å². The largest absolute Gasteiger partial charge is 0.514 e. The summed E-state index contributed by atoms with van der Waals surface area (Å²) in [4.78, 5) is 11.6. The zero-order chi connectivity index (χ0) is 17.2. The van der Waals surface area contributed by atoms with Crippen molar-refractivity contribution in [3.63, 3.8) is 0 Å². The lowest BCUT2D eigenvalue weighted by Crippen LogP contribution is -2.16. The maximum atomic E-state index is 11.6. The Bertz CT molecular complexity index is 579. The molecule has 0 radical (unpaired) electrons. The van der Waals surface area contributed by atoms with E-state index in [4.69, 9.17) is 4.74 Å². The third-order valence-electron chi connectivity index (χ3n) is 3.60. The molecule has 0 aliphatic carbocycles. The van der Waals surface area contributed by atoms with E-state index < -0.39 is 0 Å². The molecule has 0 atom stereocenters. The summed E-state index contributed by atoms with van der Waals surface area (Å²) in [7, 11) is 1.49. The summed E-state index contributed by atoms with van der Waals surface area (Å²) in [6.45, 7) is 5.99. The molecule has 1 aromatic rings. The summed E-state index contributed by atoms with van der Waals surface area (Å²) in [6, 6.07) is 3.34. The van der Waals surface area contributed by atoms with Crippen LogP contribution in [-0.2, 0) is 17.6 Å². The minimum absolute atomic E-state index is 0.0452. The molecule has 5 nitrogen and oxygen atoms in total. The predicted molar refractivity (Wildman–Crippen MR) is 90.9 cm³/mol. The van der Waals surface area contributed by atoms with Gasteiger partial charge in [-0.05, 0) is 18.1 Å². The Hall–Kier alpha value is -2.43. The molecule has 23 heavy (non-hydrogen) atoms. The van der Waals surface area contributed by atoms with Crippen LogP contribution in [0.3, 0.4) is 0 Å². The molecule has 0 bridgehead atoms. The number of Topliss-reactive ketones (excluding diaryl/α,β-unsaturated/α-hetero) is 1. The van der Waals surface area contributed by atoms with E-state index in [1.165, 1.54) is 7.11 Å². The van der Waals surface area contributed by atoms with Gasteiger partial charge >= 0.3 is 0 Å². The summed E-state index contributed by atoms with van der Waals surface area (Å²) in [5.41, 5.74) is 2.30. The highest BCUT2D eigenvalue weighted by Gasteiger charge is 2.16. The molecule has 0 aliphatic rings.